The quantitative estimate of drug-likeness (QED) is 0.851. The maximum absolute atomic E-state index is 11.9. The number of hydrogen-bond donors (Lipinski definition) is 1. The number of aromatic nitrogens is 2. The van der Waals surface area contributed by atoms with Crippen molar-refractivity contribution in [3.05, 3.63) is 29.3 Å². The first-order valence-electron chi connectivity index (χ1n) is 5.95. The fourth-order valence-electron chi connectivity index (χ4n) is 1.71. The summed E-state index contributed by atoms with van der Waals surface area (Å²) in [5.41, 5.74) is 3.12. The Labute approximate surface area is 130 Å². The van der Waals surface area contributed by atoms with Crippen molar-refractivity contribution in [1.82, 2.24) is 9.36 Å². The number of thioether (sulfide) groups is 2. The minimum Gasteiger partial charge on any atom is -0.325 e. The molecule has 0 saturated carbocycles. The molecule has 0 saturated heterocycles. The Hall–Kier alpha value is -1.05. The molecule has 0 fully saturated rings. The lowest BCUT2D eigenvalue weighted by molar-refractivity contribution is -0.113. The van der Waals surface area contributed by atoms with Crippen LogP contribution >= 0.6 is 35.1 Å². The molecule has 0 radical (unpaired) electrons. The van der Waals surface area contributed by atoms with Gasteiger partial charge in [-0.3, -0.25) is 4.79 Å². The standard InChI is InChI=1S/C13H15N3OS3/c1-8-4-9(2)6-10(5-8)14-11(17)7-19-13-15-12(18-3)16-20-13/h4-6H,7H2,1-3H3,(H,14,17). The first-order chi connectivity index (χ1) is 9.56. The van der Waals surface area contributed by atoms with Crippen LogP contribution in [-0.2, 0) is 4.79 Å². The number of rotatable bonds is 5. The Balaban J connectivity index is 1.89. The van der Waals surface area contributed by atoms with Crippen LogP contribution in [0.25, 0.3) is 0 Å². The number of nitrogens with zero attached hydrogens (tertiary/aromatic N) is 2. The van der Waals surface area contributed by atoms with Crippen molar-refractivity contribution in [2.45, 2.75) is 23.3 Å². The number of amides is 1. The largest absolute Gasteiger partial charge is 0.325 e. The van der Waals surface area contributed by atoms with Gasteiger partial charge in [0, 0.05) is 5.69 Å². The van der Waals surface area contributed by atoms with E-state index >= 15 is 0 Å². The lowest BCUT2D eigenvalue weighted by Gasteiger charge is -2.06. The average molecular weight is 325 g/mol. The van der Waals surface area contributed by atoms with Crippen LogP contribution in [0.2, 0.25) is 0 Å². The number of carbonyl (C=O) groups is 1. The van der Waals surface area contributed by atoms with Crippen LogP contribution in [0.15, 0.2) is 27.7 Å². The molecule has 0 aliphatic rings. The van der Waals surface area contributed by atoms with Gasteiger partial charge in [0.15, 0.2) is 4.34 Å². The number of benzene rings is 1. The first kappa shape index (κ1) is 15.3. The van der Waals surface area contributed by atoms with E-state index in [1.54, 1.807) is 0 Å². The maximum Gasteiger partial charge on any atom is 0.234 e. The zero-order chi connectivity index (χ0) is 14.5. The van der Waals surface area contributed by atoms with Crippen molar-refractivity contribution >= 4 is 46.7 Å². The van der Waals surface area contributed by atoms with Crippen LogP contribution in [0.4, 0.5) is 5.69 Å². The van der Waals surface area contributed by atoms with Crippen LogP contribution in [0, 0.1) is 13.8 Å². The van der Waals surface area contributed by atoms with Gasteiger partial charge in [0.05, 0.1) is 5.75 Å². The molecule has 2 aromatic rings. The summed E-state index contributed by atoms with van der Waals surface area (Å²) in [6, 6.07) is 6.01. The second-order valence-corrected chi connectivity index (χ2v) is 7.01. The maximum atomic E-state index is 11.9. The zero-order valence-corrected chi connectivity index (χ0v) is 13.9. The van der Waals surface area contributed by atoms with Gasteiger partial charge in [0.1, 0.15) is 0 Å². The summed E-state index contributed by atoms with van der Waals surface area (Å²) in [6.45, 7) is 4.03. The number of aryl methyl sites for hydroxylation is 2. The number of hydrogen-bond acceptors (Lipinski definition) is 6. The lowest BCUT2D eigenvalue weighted by Crippen LogP contribution is -2.14. The van der Waals surface area contributed by atoms with Gasteiger partial charge in [-0.1, -0.05) is 29.6 Å². The number of anilines is 1. The molecule has 1 N–H and O–H groups in total. The molecule has 1 amide bonds. The summed E-state index contributed by atoms with van der Waals surface area (Å²) in [5, 5.41) is 3.66. The van der Waals surface area contributed by atoms with Crippen molar-refractivity contribution in [1.29, 1.82) is 0 Å². The molecule has 106 valence electrons. The van der Waals surface area contributed by atoms with Gasteiger partial charge in [-0.15, -0.1) is 0 Å². The van der Waals surface area contributed by atoms with Crippen molar-refractivity contribution in [3.63, 3.8) is 0 Å². The van der Waals surface area contributed by atoms with Crippen LogP contribution in [0.3, 0.4) is 0 Å². The predicted octanol–water partition coefficient (Wildman–Crippen LogP) is 3.61. The summed E-state index contributed by atoms with van der Waals surface area (Å²) in [4.78, 5) is 16.2. The molecule has 0 bridgehead atoms. The first-order valence-corrected chi connectivity index (χ1v) is 8.94. The van der Waals surface area contributed by atoms with Crippen LogP contribution in [0.1, 0.15) is 11.1 Å². The van der Waals surface area contributed by atoms with Gasteiger partial charge < -0.3 is 5.32 Å². The van der Waals surface area contributed by atoms with E-state index in [1.807, 2.05) is 32.2 Å². The van der Waals surface area contributed by atoms with E-state index in [0.29, 0.717) is 5.75 Å². The van der Waals surface area contributed by atoms with E-state index in [2.05, 4.69) is 20.7 Å². The third kappa shape index (κ3) is 4.50. The Kier molecular flexibility index (Phi) is 5.45. The number of carbonyl (C=O) groups excluding carboxylic acids is 1. The molecule has 2 rings (SSSR count). The smallest absolute Gasteiger partial charge is 0.234 e. The average Bonchev–Trinajstić information content (AvgIpc) is 2.83. The second-order valence-electron chi connectivity index (χ2n) is 4.26. The summed E-state index contributed by atoms with van der Waals surface area (Å²) in [6.07, 6.45) is 1.93. The van der Waals surface area contributed by atoms with Gasteiger partial charge in [-0.2, -0.15) is 4.37 Å². The van der Waals surface area contributed by atoms with Crippen LogP contribution in [-0.4, -0.2) is 27.3 Å². The molecule has 0 spiro atoms. The topological polar surface area (TPSA) is 54.9 Å². The molecule has 0 atom stereocenters. The molecule has 0 unspecified atom stereocenters. The summed E-state index contributed by atoms with van der Waals surface area (Å²) < 4.78 is 4.98. The van der Waals surface area contributed by atoms with Gasteiger partial charge >= 0.3 is 0 Å². The summed E-state index contributed by atoms with van der Waals surface area (Å²) in [7, 11) is 0. The van der Waals surface area contributed by atoms with E-state index in [-0.39, 0.29) is 5.91 Å². The molecule has 1 aromatic heterocycles. The molecule has 0 aliphatic heterocycles. The van der Waals surface area contributed by atoms with Crippen molar-refractivity contribution in [2.24, 2.45) is 0 Å². The highest BCUT2D eigenvalue weighted by molar-refractivity contribution is 8.01. The van der Waals surface area contributed by atoms with E-state index in [4.69, 9.17) is 0 Å². The van der Waals surface area contributed by atoms with E-state index < -0.39 is 0 Å². The molecule has 7 heteroatoms. The van der Waals surface area contributed by atoms with E-state index in [1.165, 1.54) is 35.1 Å². The highest BCUT2D eigenvalue weighted by Gasteiger charge is 2.08. The second kappa shape index (κ2) is 7.10. The summed E-state index contributed by atoms with van der Waals surface area (Å²) in [5.74, 6) is 0.316. The third-order valence-corrected chi connectivity index (χ3v) is 4.90. The van der Waals surface area contributed by atoms with Crippen molar-refractivity contribution in [3.8, 4) is 0 Å². The van der Waals surface area contributed by atoms with Crippen molar-refractivity contribution < 1.29 is 4.79 Å². The van der Waals surface area contributed by atoms with Gasteiger partial charge in [-0.05, 0) is 54.9 Å². The molecular formula is C13H15N3OS3. The normalized spacial score (nSPS) is 10.6. The van der Waals surface area contributed by atoms with E-state index in [0.717, 1.165) is 26.3 Å². The molecular weight excluding hydrogens is 310 g/mol. The summed E-state index contributed by atoms with van der Waals surface area (Å²) >= 11 is 4.24. The molecule has 4 nitrogen and oxygen atoms in total. The van der Waals surface area contributed by atoms with Crippen LogP contribution in [0.5, 0.6) is 0 Å². The van der Waals surface area contributed by atoms with E-state index in [9.17, 15) is 4.79 Å². The predicted molar refractivity (Wildman–Crippen MR) is 87.0 cm³/mol. The zero-order valence-electron chi connectivity index (χ0n) is 11.5. The van der Waals surface area contributed by atoms with Gasteiger partial charge in [-0.25, -0.2) is 4.98 Å². The fourth-order valence-corrected chi connectivity index (χ4v) is 3.72. The highest BCUT2D eigenvalue weighted by atomic mass is 32.2. The minimum absolute atomic E-state index is 0.0269. The fraction of sp³-hybridized carbons (Fsp3) is 0.308. The molecule has 0 aliphatic carbocycles. The minimum atomic E-state index is -0.0269. The van der Waals surface area contributed by atoms with Crippen molar-refractivity contribution in [2.75, 3.05) is 17.3 Å². The van der Waals surface area contributed by atoms with Gasteiger partial charge in [0.25, 0.3) is 0 Å². The van der Waals surface area contributed by atoms with Crippen LogP contribution < -0.4 is 5.32 Å². The highest BCUT2D eigenvalue weighted by Crippen LogP contribution is 2.23. The Morgan fingerprint density at radius 1 is 1.30 bits per heavy atom. The Morgan fingerprint density at radius 2 is 2.00 bits per heavy atom. The SMILES string of the molecule is CSc1nsc(SCC(=O)Nc2cc(C)cc(C)c2)n1. The van der Waals surface area contributed by atoms with Gasteiger partial charge in [0.2, 0.25) is 11.1 Å². The third-order valence-electron chi connectivity index (χ3n) is 2.40. The Bertz CT molecular complexity index is 592. The Morgan fingerprint density at radius 3 is 2.60 bits per heavy atom. The molecule has 1 heterocycles. The molecule has 20 heavy (non-hydrogen) atoms. The lowest BCUT2D eigenvalue weighted by atomic mass is 10.1. The number of nitrogens with one attached hydrogen (secondary N) is 1. The molecule has 1 aromatic carbocycles. The monoisotopic (exact) mass is 325 g/mol.